The van der Waals surface area contributed by atoms with Crippen LogP contribution in [0.1, 0.15) is 119 Å². The number of aromatic nitrogens is 1. The molecule has 4 rings (SSSR count). The Morgan fingerprint density at radius 1 is 0.828 bits per heavy atom. The lowest BCUT2D eigenvalue weighted by Crippen LogP contribution is -2.58. The van der Waals surface area contributed by atoms with E-state index in [1.54, 1.807) is 47.6 Å². The second kappa shape index (κ2) is 26.9. The fraction of sp³-hybridized carbons (Fsp3) is 0.542. The summed E-state index contributed by atoms with van der Waals surface area (Å²) in [6, 6.07) is 18.0. The number of likely N-dealkylation sites (tertiary alicyclic amines) is 1. The molecule has 1 fully saturated rings. The summed E-state index contributed by atoms with van der Waals surface area (Å²) >= 11 is 0. The fourth-order valence-corrected chi connectivity index (χ4v) is 6.94. The Kier molecular flexibility index (Phi) is 21.5. The number of nitrogens with zero attached hydrogens (tertiary/aromatic N) is 3. The molecule has 1 atom stereocenters. The molecule has 0 saturated carbocycles. The van der Waals surface area contributed by atoms with Crippen LogP contribution in [0.15, 0.2) is 78.0 Å². The SMILES string of the molecule is C[C@@H](NC(=O)c1cccc(NC2(C(N)=NC(=N)c3ccncc3)CCN(C(=O)OC(C)(C)C)CC2)c1)c1cccc(OCCCCCCOCCOCCOCCCCCC(=O)O)c1. The van der Waals surface area contributed by atoms with Gasteiger partial charge in [-0.25, -0.2) is 9.79 Å². The first-order valence-electron chi connectivity index (χ1n) is 22.4. The lowest BCUT2D eigenvalue weighted by atomic mass is 9.85. The number of carbonyl (C=O) groups excluding carboxylic acids is 2. The average molecular weight is 888 g/mol. The van der Waals surface area contributed by atoms with E-state index >= 15 is 0 Å². The molecule has 1 aliphatic rings. The Hall–Kier alpha value is -5.58. The first-order chi connectivity index (χ1) is 30.7. The standard InChI is InChI=1S/C48H69N7O9/c1-36(38-14-13-17-41(35-38)63-29-11-6-5-9-27-60-30-32-62-33-31-61-28-10-7-8-18-42(56)57)52-44(58)39-15-12-16-40(34-39)54-48(45(50)53-43(49)37-19-23-51-24-20-37)21-25-55(26-22-48)46(59)64-47(2,3)4/h12-17,19-20,23-24,34-36,54H,5-11,18,21-22,25-33H2,1-4H3,(H,52,58)(H,56,57)(H3,49,50,53)/t36-/m1/s1. The number of amides is 2. The van der Waals surface area contributed by atoms with Gasteiger partial charge in [-0.15, -0.1) is 0 Å². The average Bonchev–Trinajstić information content (AvgIpc) is 3.27. The number of piperidine rings is 1. The lowest BCUT2D eigenvalue weighted by molar-refractivity contribution is -0.137. The number of nitrogens with one attached hydrogen (secondary N) is 3. The molecule has 1 saturated heterocycles. The number of pyridine rings is 1. The summed E-state index contributed by atoms with van der Waals surface area (Å²) in [6.45, 7) is 12.1. The number of carboxylic acids is 1. The van der Waals surface area contributed by atoms with E-state index in [4.69, 9.17) is 39.9 Å². The Morgan fingerprint density at radius 3 is 2.08 bits per heavy atom. The molecule has 2 heterocycles. The maximum atomic E-state index is 13.6. The molecule has 0 spiro atoms. The molecule has 16 heteroatoms. The van der Waals surface area contributed by atoms with Crippen molar-refractivity contribution in [3.05, 3.63) is 89.7 Å². The quantitative estimate of drug-likeness (QED) is 0.0282. The Morgan fingerprint density at radius 2 is 1.44 bits per heavy atom. The first-order valence-corrected chi connectivity index (χ1v) is 22.4. The zero-order valence-corrected chi connectivity index (χ0v) is 38.1. The molecule has 3 aromatic rings. The van der Waals surface area contributed by atoms with E-state index < -0.39 is 23.2 Å². The molecular formula is C48H69N7O9. The van der Waals surface area contributed by atoms with E-state index in [9.17, 15) is 14.4 Å². The molecule has 1 aromatic heterocycles. The highest BCUT2D eigenvalue weighted by Gasteiger charge is 2.41. The second-order valence-electron chi connectivity index (χ2n) is 16.9. The van der Waals surface area contributed by atoms with Crippen LogP contribution in [0.5, 0.6) is 5.75 Å². The van der Waals surface area contributed by atoms with Crippen LogP contribution in [-0.2, 0) is 23.7 Å². The molecule has 64 heavy (non-hydrogen) atoms. The van der Waals surface area contributed by atoms with Crippen LogP contribution in [0.2, 0.25) is 0 Å². The van der Waals surface area contributed by atoms with Gasteiger partial charge in [-0.2, -0.15) is 0 Å². The lowest BCUT2D eigenvalue weighted by Gasteiger charge is -2.42. The molecule has 2 amide bonds. The number of hydrogen-bond acceptors (Lipinski definition) is 11. The topological polar surface area (TPSA) is 220 Å². The van der Waals surface area contributed by atoms with Crippen LogP contribution >= 0.6 is 0 Å². The summed E-state index contributed by atoms with van der Waals surface area (Å²) < 4.78 is 28.4. The van der Waals surface area contributed by atoms with Crippen LogP contribution < -0.4 is 21.1 Å². The largest absolute Gasteiger partial charge is 0.494 e. The van der Waals surface area contributed by atoms with Crippen LogP contribution in [0.25, 0.3) is 0 Å². The van der Waals surface area contributed by atoms with Crippen molar-refractivity contribution in [2.75, 3.05) is 64.7 Å². The normalized spacial score (nSPS) is 14.4. The Balaban J connectivity index is 1.19. The molecular weight excluding hydrogens is 819 g/mol. The van der Waals surface area contributed by atoms with E-state index in [2.05, 4.69) is 20.6 Å². The second-order valence-corrected chi connectivity index (χ2v) is 16.9. The minimum atomic E-state index is -0.919. The van der Waals surface area contributed by atoms with Gasteiger partial charge in [-0.3, -0.25) is 20.0 Å². The van der Waals surface area contributed by atoms with Gasteiger partial charge in [0.1, 0.15) is 17.2 Å². The predicted molar refractivity (Wildman–Crippen MR) is 247 cm³/mol. The molecule has 16 nitrogen and oxygen atoms in total. The van der Waals surface area contributed by atoms with Crippen molar-refractivity contribution in [2.45, 2.75) is 109 Å². The summed E-state index contributed by atoms with van der Waals surface area (Å²) in [5.41, 5.74) is 7.74. The predicted octanol–water partition coefficient (Wildman–Crippen LogP) is 7.77. The molecule has 0 radical (unpaired) electrons. The third kappa shape index (κ3) is 18.6. The van der Waals surface area contributed by atoms with Gasteiger partial charge in [0.15, 0.2) is 5.84 Å². The summed E-state index contributed by atoms with van der Waals surface area (Å²) in [5, 5.41) is 23.9. The van der Waals surface area contributed by atoms with Gasteiger partial charge in [-0.1, -0.05) is 31.0 Å². The number of carbonyl (C=O) groups is 3. The number of unbranched alkanes of at least 4 members (excludes halogenated alkanes) is 5. The van der Waals surface area contributed by atoms with E-state index in [-0.39, 0.29) is 30.0 Å². The van der Waals surface area contributed by atoms with E-state index in [0.29, 0.717) is 95.4 Å². The highest BCUT2D eigenvalue weighted by Crippen LogP contribution is 2.30. The highest BCUT2D eigenvalue weighted by molar-refractivity contribution is 6.07. The van der Waals surface area contributed by atoms with Crippen molar-refractivity contribution in [1.82, 2.24) is 15.2 Å². The number of rotatable bonds is 27. The number of nitrogens with two attached hydrogens (primary N) is 1. The van der Waals surface area contributed by atoms with Crippen LogP contribution in [0, 0.1) is 5.41 Å². The van der Waals surface area contributed by atoms with E-state index in [1.807, 2.05) is 58.0 Å². The monoisotopic (exact) mass is 888 g/mol. The zero-order chi connectivity index (χ0) is 46.2. The first kappa shape index (κ1) is 51.1. The summed E-state index contributed by atoms with van der Waals surface area (Å²) in [4.78, 5) is 47.3. The van der Waals surface area contributed by atoms with Gasteiger partial charge >= 0.3 is 12.1 Å². The molecule has 2 aromatic carbocycles. The summed E-state index contributed by atoms with van der Waals surface area (Å²) in [6.07, 6.45) is 10.1. The van der Waals surface area contributed by atoms with Crippen molar-refractivity contribution in [3.63, 3.8) is 0 Å². The van der Waals surface area contributed by atoms with Crippen LogP contribution in [0.4, 0.5) is 10.5 Å². The van der Waals surface area contributed by atoms with Crippen LogP contribution in [-0.4, -0.2) is 115 Å². The Labute approximate surface area is 378 Å². The maximum absolute atomic E-state index is 13.6. The third-order valence-electron chi connectivity index (χ3n) is 10.5. The molecule has 0 bridgehead atoms. The van der Waals surface area contributed by atoms with Gasteiger partial charge < -0.3 is 50.1 Å². The number of anilines is 1. The highest BCUT2D eigenvalue weighted by atomic mass is 16.6. The number of carboxylic acid groups (broad SMARTS) is 1. The zero-order valence-electron chi connectivity index (χ0n) is 38.1. The van der Waals surface area contributed by atoms with Crippen molar-refractivity contribution >= 4 is 35.3 Å². The molecule has 1 aliphatic heterocycles. The van der Waals surface area contributed by atoms with E-state index in [1.165, 1.54) is 0 Å². The molecule has 0 unspecified atom stereocenters. The fourth-order valence-electron chi connectivity index (χ4n) is 6.94. The molecule has 350 valence electrons. The number of benzene rings is 2. The number of hydrogen-bond donors (Lipinski definition) is 5. The van der Waals surface area contributed by atoms with Crippen molar-refractivity contribution in [1.29, 1.82) is 5.41 Å². The van der Waals surface area contributed by atoms with Gasteiger partial charge in [0.25, 0.3) is 5.91 Å². The third-order valence-corrected chi connectivity index (χ3v) is 10.5. The number of aliphatic imine (C=N–C) groups is 1. The molecule has 0 aliphatic carbocycles. The van der Waals surface area contributed by atoms with Gasteiger partial charge in [0.05, 0.1) is 44.6 Å². The smallest absolute Gasteiger partial charge is 0.410 e. The summed E-state index contributed by atoms with van der Waals surface area (Å²) in [7, 11) is 0. The maximum Gasteiger partial charge on any atom is 0.410 e. The minimum Gasteiger partial charge on any atom is -0.494 e. The van der Waals surface area contributed by atoms with Crippen molar-refractivity contribution < 1.29 is 43.2 Å². The van der Waals surface area contributed by atoms with Gasteiger partial charge in [-0.05, 0) is 121 Å². The van der Waals surface area contributed by atoms with Crippen molar-refractivity contribution in [2.24, 2.45) is 10.7 Å². The van der Waals surface area contributed by atoms with E-state index in [0.717, 1.165) is 49.8 Å². The van der Waals surface area contributed by atoms with Gasteiger partial charge in [0, 0.05) is 61.9 Å². The van der Waals surface area contributed by atoms with Gasteiger partial charge in [0.2, 0.25) is 0 Å². The number of aliphatic carboxylic acids is 1. The minimum absolute atomic E-state index is 0.0104. The van der Waals surface area contributed by atoms with Crippen molar-refractivity contribution in [3.8, 4) is 5.75 Å². The number of amidine groups is 2. The van der Waals surface area contributed by atoms with Crippen LogP contribution in [0.3, 0.4) is 0 Å². The Bertz CT molecular complexity index is 1930. The number of ether oxygens (including phenoxy) is 5. The molecule has 6 N–H and O–H groups in total. The summed E-state index contributed by atoms with van der Waals surface area (Å²) in [5.74, 6) is -0.0725.